The van der Waals surface area contributed by atoms with Crippen molar-refractivity contribution in [1.82, 2.24) is 0 Å². The van der Waals surface area contributed by atoms with E-state index in [1.807, 2.05) is 0 Å². The molecule has 0 aliphatic heterocycles. The molecule has 3 aliphatic carbocycles. The molecule has 0 bridgehead atoms. The van der Waals surface area contributed by atoms with E-state index in [-0.39, 0.29) is 0 Å². The molecule has 3 fully saturated rings. The molecule has 3 aliphatic rings. The van der Waals surface area contributed by atoms with Crippen molar-refractivity contribution in [3.63, 3.8) is 0 Å². The van der Waals surface area contributed by atoms with Crippen molar-refractivity contribution in [1.29, 1.82) is 0 Å². The largest absolute Gasteiger partial charge is 0.0654 e. The molecular weight excluding hydrogens is 204 g/mol. The zero-order valence-corrected chi connectivity index (χ0v) is 11.7. The quantitative estimate of drug-likeness (QED) is 0.611. The lowest BCUT2D eigenvalue weighted by molar-refractivity contribution is 0.184. The number of hydrogen-bond acceptors (Lipinski definition) is 0. The first-order valence-electron chi connectivity index (χ1n) is 8.42. The van der Waals surface area contributed by atoms with Gasteiger partial charge in [-0.25, -0.2) is 0 Å². The molecule has 0 nitrogen and oxygen atoms in total. The van der Waals surface area contributed by atoms with E-state index in [1.165, 1.54) is 12.8 Å². The van der Waals surface area contributed by atoms with Gasteiger partial charge in [-0.15, -0.1) is 0 Å². The van der Waals surface area contributed by atoms with Crippen LogP contribution >= 0.6 is 0 Å². The Hall–Kier alpha value is 0. The fourth-order valence-corrected chi connectivity index (χ4v) is 5.69. The van der Waals surface area contributed by atoms with Crippen LogP contribution in [0.5, 0.6) is 0 Å². The van der Waals surface area contributed by atoms with Crippen LogP contribution in [0.2, 0.25) is 0 Å². The first-order chi connectivity index (χ1) is 8.42. The number of hydrogen-bond donors (Lipinski definition) is 0. The van der Waals surface area contributed by atoms with Crippen molar-refractivity contribution in [2.75, 3.05) is 0 Å². The first-order valence-corrected chi connectivity index (χ1v) is 8.42. The van der Waals surface area contributed by atoms with Crippen LogP contribution in [0.4, 0.5) is 0 Å². The molecule has 0 amide bonds. The summed E-state index contributed by atoms with van der Waals surface area (Å²) >= 11 is 0. The average Bonchev–Trinajstić information content (AvgIpc) is 2.71. The summed E-state index contributed by atoms with van der Waals surface area (Å²) in [6.45, 7) is 2.37. The van der Waals surface area contributed by atoms with E-state index in [1.54, 1.807) is 57.8 Å². The number of rotatable bonds is 3. The highest BCUT2D eigenvalue weighted by molar-refractivity contribution is 4.99. The predicted octanol–water partition coefficient (Wildman–Crippen LogP) is 5.42. The average molecular weight is 234 g/mol. The Labute approximate surface area is 108 Å². The van der Waals surface area contributed by atoms with Crippen LogP contribution in [0.1, 0.15) is 77.6 Å². The van der Waals surface area contributed by atoms with Gasteiger partial charge >= 0.3 is 0 Å². The molecule has 0 saturated heterocycles. The zero-order chi connectivity index (χ0) is 11.7. The first kappa shape index (κ1) is 12.1. The summed E-state index contributed by atoms with van der Waals surface area (Å²) in [4.78, 5) is 0. The third-order valence-electron chi connectivity index (χ3n) is 6.29. The van der Waals surface area contributed by atoms with Gasteiger partial charge in [-0.1, -0.05) is 45.4 Å². The fourth-order valence-electron chi connectivity index (χ4n) is 5.69. The smallest absolute Gasteiger partial charge is 0.0352 e. The third-order valence-corrected chi connectivity index (χ3v) is 6.29. The molecule has 0 heteroatoms. The normalized spacial score (nSPS) is 45.4. The SMILES string of the molecule is CCCCC1C2CCCCC2C2CCCCC12. The van der Waals surface area contributed by atoms with Gasteiger partial charge in [0.2, 0.25) is 0 Å². The summed E-state index contributed by atoms with van der Waals surface area (Å²) in [6.07, 6.45) is 17.0. The lowest BCUT2D eigenvalue weighted by Crippen LogP contribution is -2.22. The molecule has 3 rings (SSSR count). The molecule has 0 aromatic heterocycles. The molecule has 0 spiro atoms. The predicted molar refractivity (Wildman–Crippen MR) is 73.9 cm³/mol. The van der Waals surface area contributed by atoms with Gasteiger partial charge in [-0.3, -0.25) is 0 Å². The summed E-state index contributed by atoms with van der Waals surface area (Å²) in [5.41, 5.74) is 0. The Bertz CT molecular complexity index is 222. The molecule has 0 N–H and O–H groups in total. The van der Waals surface area contributed by atoms with Crippen molar-refractivity contribution >= 4 is 0 Å². The van der Waals surface area contributed by atoms with Crippen LogP contribution < -0.4 is 0 Å². The molecule has 0 aromatic rings. The highest BCUT2D eigenvalue weighted by Gasteiger charge is 2.50. The second-order valence-electron chi connectivity index (χ2n) is 7.03. The second-order valence-corrected chi connectivity index (χ2v) is 7.03. The molecule has 4 atom stereocenters. The van der Waals surface area contributed by atoms with Crippen LogP contribution in [0.3, 0.4) is 0 Å². The summed E-state index contributed by atoms with van der Waals surface area (Å²) in [5, 5.41) is 0. The summed E-state index contributed by atoms with van der Waals surface area (Å²) in [7, 11) is 0. The van der Waals surface area contributed by atoms with Crippen LogP contribution in [-0.2, 0) is 0 Å². The molecule has 0 aromatic carbocycles. The van der Waals surface area contributed by atoms with Gasteiger partial charge in [-0.05, 0) is 61.7 Å². The van der Waals surface area contributed by atoms with E-state index in [9.17, 15) is 0 Å². The standard InChI is InChI=1S/C17H30/c1-2-3-8-13-14-9-4-6-11-16(14)17-12-7-5-10-15(13)17/h13-17H,2-12H2,1H3. The van der Waals surface area contributed by atoms with E-state index >= 15 is 0 Å². The highest BCUT2D eigenvalue weighted by Crippen LogP contribution is 2.58. The Morgan fingerprint density at radius 1 is 0.706 bits per heavy atom. The van der Waals surface area contributed by atoms with Crippen molar-refractivity contribution in [3.8, 4) is 0 Å². The van der Waals surface area contributed by atoms with E-state index in [0.29, 0.717) is 0 Å². The van der Waals surface area contributed by atoms with Crippen LogP contribution in [-0.4, -0.2) is 0 Å². The minimum Gasteiger partial charge on any atom is -0.0654 e. The van der Waals surface area contributed by atoms with E-state index in [2.05, 4.69) is 6.92 Å². The Morgan fingerprint density at radius 3 is 1.65 bits per heavy atom. The number of fused-ring (bicyclic) bond motifs is 3. The van der Waals surface area contributed by atoms with Crippen molar-refractivity contribution in [2.45, 2.75) is 77.6 Å². The van der Waals surface area contributed by atoms with Crippen molar-refractivity contribution < 1.29 is 0 Å². The zero-order valence-electron chi connectivity index (χ0n) is 11.7. The maximum atomic E-state index is 2.37. The monoisotopic (exact) mass is 234 g/mol. The Balaban J connectivity index is 1.75. The van der Waals surface area contributed by atoms with Gasteiger partial charge in [-0.2, -0.15) is 0 Å². The summed E-state index contributed by atoms with van der Waals surface area (Å²) < 4.78 is 0. The van der Waals surface area contributed by atoms with Gasteiger partial charge in [0.05, 0.1) is 0 Å². The lowest BCUT2D eigenvalue weighted by Gasteiger charge is -2.32. The van der Waals surface area contributed by atoms with Gasteiger partial charge < -0.3 is 0 Å². The maximum Gasteiger partial charge on any atom is -0.0352 e. The van der Waals surface area contributed by atoms with E-state index in [0.717, 1.165) is 29.6 Å². The van der Waals surface area contributed by atoms with Gasteiger partial charge in [0.25, 0.3) is 0 Å². The van der Waals surface area contributed by atoms with Crippen LogP contribution in [0.25, 0.3) is 0 Å². The topological polar surface area (TPSA) is 0 Å². The molecule has 0 radical (unpaired) electrons. The van der Waals surface area contributed by atoms with Crippen LogP contribution in [0, 0.1) is 29.6 Å². The lowest BCUT2D eigenvalue weighted by atomic mass is 9.73. The molecule has 4 unspecified atom stereocenters. The van der Waals surface area contributed by atoms with E-state index in [4.69, 9.17) is 0 Å². The van der Waals surface area contributed by atoms with Crippen molar-refractivity contribution in [3.05, 3.63) is 0 Å². The summed E-state index contributed by atoms with van der Waals surface area (Å²) in [5.74, 6) is 5.78. The van der Waals surface area contributed by atoms with E-state index < -0.39 is 0 Å². The van der Waals surface area contributed by atoms with Gasteiger partial charge in [0, 0.05) is 0 Å². The maximum absolute atomic E-state index is 2.37. The minimum absolute atomic E-state index is 1.14. The van der Waals surface area contributed by atoms with Crippen molar-refractivity contribution in [2.24, 2.45) is 29.6 Å². The Morgan fingerprint density at radius 2 is 1.18 bits per heavy atom. The molecule has 98 valence electrons. The molecule has 3 saturated carbocycles. The van der Waals surface area contributed by atoms with Gasteiger partial charge in [0.1, 0.15) is 0 Å². The Kier molecular flexibility index (Phi) is 3.78. The minimum atomic E-state index is 1.14. The van der Waals surface area contributed by atoms with Gasteiger partial charge in [0.15, 0.2) is 0 Å². The molecule has 0 heterocycles. The highest BCUT2D eigenvalue weighted by atomic mass is 14.5. The van der Waals surface area contributed by atoms with Crippen LogP contribution in [0.15, 0.2) is 0 Å². The third kappa shape index (κ3) is 2.17. The fraction of sp³-hybridized carbons (Fsp3) is 1.00. The second kappa shape index (κ2) is 5.33. The molecular formula is C17H30. The molecule has 17 heavy (non-hydrogen) atoms. The number of unbranched alkanes of at least 4 members (excludes halogenated alkanes) is 1. The summed E-state index contributed by atoms with van der Waals surface area (Å²) in [6, 6.07) is 0.